The van der Waals surface area contributed by atoms with Crippen LogP contribution in [0.15, 0.2) is 0 Å². The summed E-state index contributed by atoms with van der Waals surface area (Å²) in [6.45, 7) is 8.35. The Labute approximate surface area is 76.4 Å². The molecule has 0 aromatic carbocycles. The highest BCUT2D eigenvalue weighted by atomic mass is 28.4. The van der Waals surface area contributed by atoms with E-state index >= 15 is 0 Å². The molecular weight excluding hydrogens is 168 g/mol. The standard InChI is InChI=1S/C9H20O2Si/c1-4-11-12(2,3)9-7-5-6-8-10-9/h9H,4-8H2,1-3H3. The minimum atomic E-state index is -1.52. The first-order valence-corrected chi connectivity index (χ1v) is 7.91. The molecule has 0 aliphatic carbocycles. The molecule has 1 heterocycles. The molecule has 0 radical (unpaired) electrons. The van der Waals surface area contributed by atoms with E-state index in [0.29, 0.717) is 5.73 Å². The minimum Gasteiger partial charge on any atom is -0.415 e. The maximum absolute atomic E-state index is 5.78. The van der Waals surface area contributed by atoms with E-state index in [-0.39, 0.29) is 0 Å². The molecule has 2 nitrogen and oxygen atoms in total. The normalized spacial score (nSPS) is 25.8. The molecule has 0 aromatic heterocycles. The molecule has 1 fully saturated rings. The summed E-state index contributed by atoms with van der Waals surface area (Å²) in [7, 11) is -1.52. The Kier molecular flexibility index (Phi) is 3.74. The largest absolute Gasteiger partial charge is 0.415 e. The highest BCUT2D eigenvalue weighted by Crippen LogP contribution is 2.22. The number of hydrogen-bond donors (Lipinski definition) is 0. The first kappa shape index (κ1) is 10.2. The van der Waals surface area contributed by atoms with Gasteiger partial charge in [-0.25, -0.2) is 0 Å². The van der Waals surface area contributed by atoms with Crippen molar-refractivity contribution in [1.29, 1.82) is 0 Å². The highest BCUT2D eigenvalue weighted by molar-refractivity contribution is 6.72. The average Bonchev–Trinajstić information content (AvgIpc) is 2.06. The molecular formula is C9H20O2Si. The molecule has 0 N–H and O–H groups in total. The summed E-state index contributed by atoms with van der Waals surface area (Å²) in [5.74, 6) is 0. The molecule has 1 aliphatic heterocycles. The Morgan fingerprint density at radius 3 is 2.67 bits per heavy atom. The van der Waals surface area contributed by atoms with Crippen molar-refractivity contribution in [2.24, 2.45) is 0 Å². The lowest BCUT2D eigenvalue weighted by molar-refractivity contribution is 0.0464. The van der Waals surface area contributed by atoms with Crippen LogP contribution in [0.1, 0.15) is 26.2 Å². The van der Waals surface area contributed by atoms with Gasteiger partial charge in [0.1, 0.15) is 0 Å². The van der Waals surface area contributed by atoms with Crippen LogP contribution < -0.4 is 0 Å². The first-order chi connectivity index (χ1) is 5.67. The van der Waals surface area contributed by atoms with Crippen molar-refractivity contribution in [2.75, 3.05) is 13.2 Å². The summed E-state index contributed by atoms with van der Waals surface area (Å²) in [6, 6.07) is 0. The summed E-state index contributed by atoms with van der Waals surface area (Å²) < 4.78 is 11.5. The van der Waals surface area contributed by atoms with E-state index in [1.165, 1.54) is 19.3 Å². The fourth-order valence-corrected chi connectivity index (χ4v) is 4.10. The molecule has 0 saturated carbocycles. The Bertz CT molecular complexity index is 130. The van der Waals surface area contributed by atoms with Gasteiger partial charge in [-0.05, 0) is 39.3 Å². The van der Waals surface area contributed by atoms with Gasteiger partial charge >= 0.3 is 0 Å². The predicted octanol–water partition coefficient (Wildman–Crippen LogP) is 2.34. The average molecular weight is 188 g/mol. The fraction of sp³-hybridized carbons (Fsp3) is 1.00. The van der Waals surface area contributed by atoms with Gasteiger partial charge in [0.05, 0.1) is 5.73 Å². The summed E-state index contributed by atoms with van der Waals surface area (Å²) in [5, 5.41) is 0. The van der Waals surface area contributed by atoms with E-state index in [1.807, 2.05) is 0 Å². The Morgan fingerprint density at radius 1 is 1.42 bits per heavy atom. The van der Waals surface area contributed by atoms with Gasteiger partial charge in [-0.3, -0.25) is 0 Å². The maximum Gasteiger partial charge on any atom is 0.214 e. The second kappa shape index (κ2) is 4.39. The second-order valence-electron chi connectivity index (χ2n) is 3.89. The molecule has 0 amide bonds. The number of ether oxygens (including phenoxy) is 1. The van der Waals surface area contributed by atoms with Crippen LogP contribution >= 0.6 is 0 Å². The van der Waals surface area contributed by atoms with Gasteiger partial charge in [0.25, 0.3) is 0 Å². The Hall–Kier alpha value is 0.137. The van der Waals surface area contributed by atoms with Crippen molar-refractivity contribution in [3.05, 3.63) is 0 Å². The SMILES string of the molecule is CCO[Si](C)(C)C1CCCCO1. The van der Waals surface area contributed by atoms with Crippen LogP contribution in [-0.4, -0.2) is 27.3 Å². The Morgan fingerprint density at radius 2 is 2.17 bits per heavy atom. The first-order valence-electron chi connectivity index (χ1n) is 4.92. The van der Waals surface area contributed by atoms with E-state index in [0.717, 1.165) is 13.2 Å². The van der Waals surface area contributed by atoms with Gasteiger partial charge < -0.3 is 9.16 Å². The molecule has 0 aromatic rings. The molecule has 0 bridgehead atoms. The lowest BCUT2D eigenvalue weighted by atomic mass is 10.2. The van der Waals surface area contributed by atoms with Gasteiger partial charge in [0, 0.05) is 13.2 Å². The van der Waals surface area contributed by atoms with Crippen molar-refractivity contribution < 1.29 is 9.16 Å². The molecule has 72 valence electrons. The molecule has 0 spiro atoms. The van der Waals surface area contributed by atoms with Gasteiger partial charge in [-0.1, -0.05) is 0 Å². The third-order valence-electron chi connectivity index (χ3n) is 2.47. The second-order valence-corrected chi connectivity index (χ2v) is 8.03. The van der Waals surface area contributed by atoms with Crippen LogP contribution in [0.2, 0.25) is 13.1 Å². The number of hydrogen-bond acceptors (Lipinski definition) is 2. The van der Waals surface area contributed by atoms with Gasteiger partial charge in [0.2, 0.25) is 8.32 Å². The van der Waals surface area contributed by atoms with Crippen molar-refractivity contribution in [3.63, 3.8) is 0 Å². The van der Waals surface area contributed by atoms with E-state index < -0.39 is 8.32 Å². The maximum atomic E-state index is 5.78. The van der Waals surface area contributed by atoms with E-state index in [2.05, 4.69) is 20.0 Å². The van der Waals surface area contributed by atoms with Crippen LogP contribution in [0.3, 0.4) is 0 Å². The van der Waals surface area contributed by atoms with Crippen LogP contribution in [0, 0.1) is 0 Å². The quantitative estimate of drug-likeness (QED) is 0.633. The van der Waals surface area contributed by atoms with Crippen LogP contribution in [0.5, 0.6) is 0 Å². The third-order valence-corrected chi connectivity index (χ3v) is 5.51. The molecule has 12 heavy (non-hydrogen) atoms. The van der Waals surface area contributed by atoms with Gasteiger partial charge in [0.15, 0.2) is 0 Å². The fourth-order valence-electron chi connectivity index (χ4n) is 1.75. The summed E-state index contributed by atoms with van der Waals surface area (Å²) in [5.41, 5.74) is 0.436. The van der Waals surface area contributed by atoms with Crippen molar-refractivity contribution >= 4 is 8.32 Å². The van der Waals surface area contributed by atoms with E-state index in [1.54, 1.807) is 0 Å². The third kappa shape index (κ3) is 2.57. The van der Waals surface area contributed by atoms with Crippen LogP contribution in [0.25, 0.3) is 0 Å². The zero-order valence-electron chi connectivity index (χ0n) is 8.43. The van der Waals surface area contributed by atoms with E-state index in [4.69, 9.17) is 9.16 Å². The lowest BCUT2D eigenvalue weighted by Gasteiger charge is -2.34. The Balaban J connectivity index is 2.41. The highest BCUT2D eigenvalue weighted by Gasteiger charge is 2.35. The predicted molar refractivity (Wildman–Crippen MR) is 52.7 cm³/mol. The smallest absolute Gasteiger partial charge is 0.214 e. The molecule has 1 atom stereocenters. The molecule has 1 aliphatic rings. The van der Waals surface area contributed by atoms with Gasteiger partial charge in [-0.2, -0.15) is 0 Å². The summed E-state index contributed by atoms with van der Waals surface area (Å²) in [6.07, 6.45) is 3.75. The van der Waals surface area contributed by atoms with Crippen LogP contribution in [-0.2, 0) is 9.16 Å². The summed E-state index contributed by atoms with van der Waals surface area (Å²) in [4.78, 5) is 0. The molecule has 1 saturated heterocycles. The monoisotopic (exact) mass is 188 g/mol. The molecule has 1 rings (SSSR count). The van der Waals surface area contributed by atoms with Crippen molar-refractivity contribution in [2.45, 2.75) is 45.0 Å². The molecule has 1 unspecified atom stereocenters. The number of rotatable bonds is 3. The van der Waals surface area contributed by atoms with Gasteiger partial charge in [-0.15, -0.1) is 0 Å². The summed E-state index contributed by atoms with van der Waals surface area (Å²) >= 11 is 0. The van der Waals surface area contributed by atoms with Crippen LogP contribution in [0.4, 0.5) is 0 Å². The van der Waals surface area contributed by atoms with E-state index in [9.17, 15) is 0 Å². The minimum absolute atomic E-state index is 0.436. The van der Waals surface area contributed by atoms with Crippen molar-refractivity contribution in [1.82, 2.24) is 0 Å². The zero-order chi connectivity index (χ0) is 9.03. The topological polar surface area (TPSA) is 18.5 Å². The zero-order valence-corrected chi connectivity index (χ0v) is 9.43. The molecule has 3 heteroatoms. The lowest BCUT2D eigenvalue weighted by Crippen LogP contribution is -2.47. The van der Waals surface area contributed by atoms with Crippen molar-refractivity contribution in [3.8, 4) is 0 Å².